The topological polar surface area (TPSA) is 55.8 Å². The lowest BCUT2D eigenvalue weighted by molar-refractivity contribution is -0.132. The summed E-state index contributed by atoms with van der Waals surface area (Å²) in [5.41, 5.74) is 2.40. The summed E-state index contributed by atoms with van der Waals surface area (Å²) in [5, 5.41) is 0. The Balaban J connectivity index is 1.30. The van der Waals surface area contributed by atoms with E-state index in [-0.39, 0.29) is 11.9 Å². The van der Waals surface area contributed by atoms with Crippen LogP contribution in [0.1, 0.15) is 31.2 Å². The van der Waals surface area contributed by atoms with Crippen LogP contribution in [-0.2, 0) is 11.3 Å². The first kappa shape index (κ1) is 21.6. The first-order valence-electron chi connectivity index (χ1n) is 11.4. The molecule has 2 aromatic rings. The molecule has 7 heteroatoms. The minimum Gasteiger partial charge on any atom is -0.368 e. The molecule has 4 heterocycles. The van der Waals surface area contributed by atoms with Gasteiger partial charge in [-0.15, -0.1) is 0 Å². The van der Waals surface area contributed by atoms with E-state index in [1.807, 2.05) is 23.5 Å². The summed E-state index contributed by atoms with van der Waals surface area (Å²) >= 11 is 0. The van der Waals surface area contributed by atoms with Crippen molar-refractivity contribution in [3.63, 3.8) is 0 Å². The molecule has 7 nitrogen and oxygen atoms in total. The van der Waals surface area contributed by atoms with Gasteiger partial charge in [-0.3, -0.25) is 9.78 Å². The van der Waals surface area contributed by atoms with Crippen LogP contribution in [0.15, 0.2) is 42.9 Å². The molecule has 2 aromatic heterocycles. The van der Waals surface area contributed by atoms with Crippen molar-refractivity contribution in [2.75, 3.05) is 56.6 Å². The molecule has 1 unspecified atom stereocenters. The lowest BCUT2D eigenvalue weighted by Crippen LogP contribution is -2.51. The lowest BCUT2D eigenvalue weighted by atomic mass is 9.98. The van der Waals surface area contributed by atoms with Gasteiger partial charge in [0.1, 0.15) is 5.82 Å². The van der Waals surface area contributed by atoms with Crippen LogP contribution in [0.25, 0.3) is 0 Å². The monoisotopic (exact) mass is 422 g/mol. The van der Waals surface area contributed by atoms with Gasteiger partial charge in [0.15, 0.2) is 0 Å². The summed E-state index contributed by atoms with van der Waals surface area (Å²) in [4.78, 5) is 30.7. The quantitative estimate of drug-likeness (QED) is 0.713. The van der Waals surface area contributed by atoms with Gasteiger partial charge in [0, 0.05) is 76.0 Å². The fourth-order valence-corrected chi connectivity index (χ4v) is 4.67. The summed E-state index contributed by atoms with van der Waals surface area (Å²) < 4.78 is 0. The van der Waals surface area contributed by atoms with Crippen LogP contribution in [0.5, 0.6) is 0 Å². The Morgan fingerprint density at radius 2 is 1.81 bits per heavy atom. The van der Waals surface area contributed by atoms with Gasteiger partial charge < -0.3 is 19.6 Å². The Labute approximate surface area is 185 Å². The number of piperidine rings is 1. The molecule has 2 aliphatic rings. The second kappa shape index (κ2) is 10.1. The Kier molecular flexibility index (Phi) is 7.02. The van der Waals surface area contributed by atoms with Crippen molar-refractivity contribution in [3.8, 4) is 0 Å². The number of hydrogen-bond acceptors (Lipinski definition) is 6. The van der Waals surface area contributed by atoms with Gasteiger partial charge in [0.2, 0.25) is 5.91 Å². The first-order valence-corrected chi connectivity index (χ1v) is 11.4. The van der Waals surface area contributed by atoms with E-state index in [1.54, 1.807) is 0 Å². The van der Waals surface area contributed by atoms with E-state index in [0.29, 0.717) is 6.42 Å². The second-order valence-corrected chi connectivity index (χ2v) is 8.88. The minimum atomic E-state index is 0.278. The molecule has 0 aliphatic carbocycles. The zero-order valence-corrected chi connectivity index (χ0v) is 18.8. The first-order chi connectivity index (χ1) is 15.1. The molecule has 0 spiro atoms. The molecule has 2 fully saturated rings. The van der Waals surface area contributed by atoms with Gasteiger partial charge in [-0.1, -0.05) is 6.07 Å². The van der Waals surface area contributed by atoms with Crippen LogP contribution in [0.2, 0.25) is 0 Å². The summed E-state index contributed by atoms with van der Waals surface area (Å²) in [6.45, 7) is 5.12. The largest absolute Gasteiger partial charge is 0.368 e. The number of pyridine rings is 2. The molecular formula is C24H34N6O. The molecule has 0 saturated carbocycles. The summed E-state index contributed by atoms with van der Waals surface area (Å²) in [5.74, 6) is 1.28. The van der Waals surface area contributed by atoms with E-state index >= 15 is 0 Å². The maximum atomic E-state index is 13.1. The average Bonchev–Trinajstić information content (AvgIpc) is 2.80. The van der Waals surface area contributed by atoms with Crippen molar-refractivity contribution in [1.29, 1.82) is 0 Å². The van der Waals surface area contributed by atoms with Crippen LogP contribution >= 0.6 is 0 Å². The van der Waals surface area contributed by atoms with Crippen molar-refractivity contribution in [2.24, 2.45) is 0 Å². The normalized spacial score (nSPS) is 19.7. The van der Waals surface area contributed by atoms with Crippen molar-refractivity contribution in [2.45, 2.75) is 38.3 Å². The van der Waals surface area contributed by atoms with Gasteiger partial charge in [0.25, 0.3) is 0 Å². The molecule has 1 amide bonds. The molecule has 2 aliphatic heterocycles. The zero-order valence-electron chi connectivity index (χ0n) is 18.8. The fraction of sp³-hybridized carbons (Fsp3) is 0.542. The molecule has 166 valence electrons. The lowest BCUT2D eigenvalue weighted by Gasteiger charge is -2.40. The number of piperazine rings is 1. The van der Waals surface area contributed by atoms with E-state index < -0.39 is 0 Å². The minimum absolute atomic E-state index is 0.278. The molecule has 0 aromatic carbocycles. The highest BCUT2D eigenvalue weighted by Crippen LogP contribution is 2.27. The van der Waals surface area contributed by atoms with Crippen LogP contribution in [0.4, 0.5) is 11.5 Å². The number of hydrogen-bond donors (Lipinski definition) is 0. The number of nitrogens with zero attached hydrogens (tertiary/aromatic N) is 6. The number of aromatic nitrogens is 2. The second-order valence-electron chi connectivity index (χ2n) is 8.88. The third-order valence-electron chi connectivity index (χ3n) is 6.30. The Bertz CT molecular complexity index is 833. The van der Waals surface area contributed by atoms with Crippen LogP contribution in [-0.4, -0.2) is 78.5 Å². The number of anilines is 2. The summed E-state index contributed by atoms with van der Waals surface area (Å²) in [6, 6.07) is 8.64. The van der Waals surface area contributed by atoms with E-state index in [0.717, 1.165) is 51.5 Å². The zero-order chi connectivity index (χ0) is 21.6. The Morgan fingerprint density at radius 3 is 2.48 bits per heavy atom. The van der Waals surface area contributed by atoms with Gasteiger partial charge in [-0.25, -0.2) is 4.98 Å². The third-order valence-corrected chi connectivity index (χ3v) is 6.30. The highest BCUT2D eigenvalue weighted by atomic mass is 16.2. The molecular weight excluding hydrogens is 388 g/mol. The number of carbonyl (C=O) groups is 1. The predicted molar refractivity (Wildman–Crippen MR) is 124 cm³/mol. The Hall–Kier alpha value is -2.67. The average molecular weight is 423 g/mol. The smallest absolute Gasteiger partial charge is 0.224 e. The standard InChI is InChI=1S/C24H34N6O/c1-27(2)19-20-6-7-23(26-18-20)28-13-15-29(16-14-28)24(31)17-22-5-3-4-12-30(22)21-8-10-25-11-9-21/h6-11,18,22H,3-5,12-17,19H2,1-2H3. The van der Waals surface area contributed by atoms with Crippen molar-refractivity contribution >= 4 is 17.4 Å². The van der Waals surface area contributed by atoms with E-state index in [4.69, 9.17) is 0 Å². The van der Waals surface area contributed by atoms with Gasteiger partial charge in [-0.05, 0) is 57.1 Å². The molecule has 4 rings (SSSR count). The highest BCUT2D eigenvalue weighted by Gasteiger charge is 2.28. The predicted octanol–water partition coefficient (Wildman–Crippen LogP) is 2.64. The molecule has 1 atom stereocenters. The van der Waals surface area contributed by atoms with Crippen LogP contribution in [0.3, 0.4) is 0 Å². The third kappa shape index (κ3) is 5.53. The van der Waals surface area contributed by atoms with E-state index in [2.05, 4.69) is 63.0 Å². The summed E-state index contributed by atoms with van der Waals surface area (Å²) in [6.07, 6.45) is 9.70. The van der Waals surface area contributed by atoms with Gasteiger partial charge in [-0.2, -0.15) is 0 Å². The summed E-state index contributed by atoms with van der Waals surface area (Å²) in [7, 11) is 4.13. The van der Waals surface area contributed by atoms with Crippen LogP contribution in [0, 0.1) is 0 Å². The molecule has 0 N–H and O–H groups in total. The molecule has 0 bridgehead atoms. The van der Waals surface area contributed by atoms with Gasteiger partial charge in [0.05, 0.1) is 0 Å². The number of amides is 1. The molecule has 0 radical (unpaired) electrons. The number of carbonyl (C=O) groups excluding carboxylic acids is 1. The van der Waals surface area contributed by atoms with Gasteiger partial charge >= 0.3 is 0 Å². The van der Waals surface area contributed by atoms with Crippen molar-refractivity contribution in [1.82, 2.24) is 19.8 Å². The maximum absolute atomic E-state index is 13.1. The maximum Gasteiger partial charge on any atom is 0.224 e. The Morgan fingerprint density at radius 1 is 1.03 bits per heavy atom. The fourth-order valence-electron chi connectivity index (χ4n) is 4.67. The molecule has 2 saturated heterocycles. The van der Waals surface area contributed by atoms with Crippen LogP contribution < -0.4 is 9.80 Å². The van der Waals surface area contributed by atoms with E-state index in [1.165, 1.54) is 24.1 Å². The van der Waals surface area contributed by atoms with Crippen molar-refractivity contribution in [3.05, 3.63) is 48.4 Å². The number of rotatable bonds is 6. The SMILES string of the molecule is CN(C)Cc1ccc(N2CCN(C(=O)CC3CCCCN3c3ccncc3)CC2)nc1. The van der Waals surface area contributed by atoms with Crippen molar-refractivity contribution < 1.29 is 4.79 Å². The molecule has 31 heavy (non-hydrogen) atoms. The highest BCUT2D eigenvalue weighted by molar-refractivity contribution is 5.78. The van der Waals surface area contributed by atoms with E-state index in [9.17, 15) is 4.79 Å².